The number of likely N-dealkylation sites (N-methyl/N-ethyl adjacent to an activating group) is 1. The molecule has 0 aliphatic heterocycles. The van der Waals surface area contributed by atoms with E-state index in [1.165, 1.54) is 0 Å². The van der Waals surface area contributed by atoms with E-state index >= 15 is 0 Å². The minimum absolute atomic E-state index is 0.145. The van der Waals surface area contributed by atoms with E-state index in [0.29, 0.717) is 5.15 Å². The summed E-state index contributed by atoms with van der Waals surface area (Å²) < 4.78 is 1.71. The third kappa shape index (κ3) is 2.54. The quantitative estimate of drug-likeness (QED) is 0.921. The van der Waals surface area contributed by atoms with Crippen molar-refractivity contribution >= 4 is 11.6 Å². The number of aromatic nitrogens is 3. The summed E-state index contributed by atoms with van der Waals surface area (Å²) in [5.41, 5.74) is 3.06. The molecule has 4 nitrogen and oxygen atoms in total. The van der Waals surface area contributed by atoms with E-state index in [0.717, 1.165) is 23.4 Å². The highest BCUT2D eigenvalue weighted by Gasteiger charge is 2.17. The summed E-state index contributed by atoms with van der Waals surface area (Å²) in [5, 5.41) is 8.30. The molecule has 0 aliphatic rings. The molecule has 0 spiro atoms. The van der Waals surface area contributed by atoms with Gasteiger partial charge in [-0.15, -0.1) is 0 Å². The van der Waals surface area contributed by atoms with Crippen LogP contribution in [0.3, 0.4) is 0 Å². The second-order valence-electron chi connectivity index (χ2n) is 4.28. The zero-order valence-electron chi connectivity index (χ0n) is 10.8. The Bertz CT molecular complexity index is 521. The molecule has 1 N–H and O–H groups in total. The van der Waals surface area contributed by atoms with Crippen molar-refractivity contribution in [2.45, 2.75) is 19.4 Å². The van der Waals surface area contributed by atoms with E-state index in [1.54, 1.807) is 10.9 Å². The van der Waals surface area contributed by atoms with Gasteiger partial charge in [-0.3, -0.25) is 9.67 Å². The van der Waals surface area contributed by atoms with E-state index in [2.05, 4.69) is 15.4 Å². The average Bonchev–Trinajstić information content (AvgIpc) is 2.62. The molecule has 96 valence electrons. The number of nitrogens with zero attached hydrogens (tertiary/aromatic N) is 3. The highest BCUT2D eigenvalue weighted by atomic mass is 35.5. The van der Waals surface area contributed by atoms with Gasteiger partial charge in [-0.25, -0.2) is 0 Å². The molecular weight excluding hydrogens is 248 g/mol. The predicted octanol–water partition coefficient (Wildman–Crippen LogP) is 2.28. The van der Waals surface area contributed by atoms with Gasteiger partial charge in [-0.1, -0.05) is 17.7 Å². The number of aryl methyl sites for hydroxylation is 2. The Morgan fingerprint density at radius 1 is 1.44 bits per heavy atom. The zero-order valence-corrected chi connectivity index (χ0v) is 11.6. The van der Waals surface area contributed by atoms with Gasteiger partial charge >= 0.3 is 0 Å². The molecule has 0 radical (unpaired) electrons. The maximum absolute atomic E-state index is 6.25. The molecule has 0 aliphatic carbocycles. The van der Waals surface area contributed by atoms with Crippen molar-refractivity contribution in [3.63, 3.8) is 0 Å². The normalized spacial score (nSPS) is 12.7. The third-order valence-electron chi connectivity index (χ3n) is 3.07. The smallest absolute Gasteiger partial charge is 0.130 e. The third-order valence-corrected chi connectivity index (χ3v) is 3.54. The molecule has 0 aromatic carbocycles. The van der Waals surface area contributed by atoms with Gasteiger partial charge in [0.25, 0.3) is 0 Å². The van der Waals surface area contributed by atoms with E-state index < -0.39 is 0 Å². The molecule has 2 rings (SSSR count). The molecular formula is C13H17ClN4. The van der Waals surface area contributed by atoms with Crippen LogP contribution in [-0.4, -0.2) is 21.8 Å². The summed E-state index contributed by atoms with van der Waals surface area (Å²) in [6.45, 7) is 1.98. The summed E-state index contributed by atoms with van der Waals surface area (Å²) in [5.74, 6) is 0. The van der Waals surface area contributed by atoms with Gasteiger partial charge in [0.15, 0.2) is 0 Å². The predicted molar refractivity (Wildman–Crippen MR) is 72.7 cm³/mol. The first-order valence-corrected chi connectivity index (χ1v) is 6.27. The minimum atomic E-state index is 0.145. The first kappa shape index (κ1) is 13.1. The van der Waals surface area contributed by atoms with E-state index in [1.807, 2.05) is 39.2 Å². The molecule has 0 saturated carbocycles. The second-order valence-corrected chi connectivity index (χ2v) is 4.64. The molecule has 0 fully saturated rings. The number of pyridine rings is 1. The van der Waals surface area contributed by atoms with Crippen LogP contribution >= 0.6 is 11.6 Å². The summed E-state index contributed by atoms with van der Waals surface area (Å²) in [6, 6.07) is 6.07. The van der Waals surface area contributed by atoms with Crippen molar-refractivity contribution in [2.24, 2.45) is 7.05 Å². The second kappa shape index (κ2) is 5.50. The summed E-state index contributed by atoms with van der Waals surface area (Å²) in [4.78, 5) is 4.38. The molecule has 0 saturated heterocycles. The number of nitrogens with one attached hydrogen (secondary N) is 1. The van der Waals surface area contributed by atoms with Crippen molar-refractivity contribution in [1.29, 1.82) is 0 Å². The molecule has 5 heteroatoms. The van der Waals surface area contributed by atoms with Gasteiger partial charge in [0, 0.05) is 18.8 Å². The lowest BCUT2D eigenvalue weighted by Gasteiger charge is -2.15. The Kier molecular flexibility index (Phi) is 3.99. The molecule has 18 heavy (non-hydrogen) atoms. The molecule has 1 atom stereocenters. The van der Waals surface area contributed by atoms with E-state index in [4.69, 9.17) is 11.6 Å². The van der Waals surface area contributed by atoms with Gasteiger partial charge in [-0.05, 0) is 32.5 Å². The fourth-order valence-electron chi connectivity index (χ4n) is 2.05. The van der Waals surface area contributed by atoms with Gasteiger partial charge in [0.1, 0.15) is 5.15 Å². The van der Waals surface area contributed by atoms with Crippen LogP contribution in [-0.2, 0) is 13.5 Å². The van der Waals surface area contributed by atoms with E-state index in [9.17, 15) is 0 Å². The van der Waals surface area contributed by atoms with Crippen molar-refractivity contribution in [2.75, 3.05) is 7.05 Å². The van der Waals surface area contributed by atoms with Gasteiger partial charge in [0.05, 0.1) is 17.4 Å². The van der Waals surface area contributed by atoms with Crippen molar-refractivity contribution < 1.29 is 0 Å². The maximum Gasteiger partial charge on any atom is 0.130 e. The van der Waals surface area contributed by atoms with Gasteiger partial charge in [0.2, 0.25) is 0 Å². The molecule has 1 unspecified atom stereocenters. The molecule has 2 heterocycles. The van der Waals surface area contributed by atoms with Crippen LogP contribution in [0.2, 0.25) is 5.15 Å². The Balaban J connectivity index is 2.26. The number of halogens is 1. The van der Waals surface area contributed by atoms with Crippen LogP contribution in [0, 0.1) is 6.92 Å². The standard InChI is InChI=1S/C13H17ClN4/c1-9-10(13(14)18(3)17-9)8-12(15-2)11-6-4-5-7-16-11/h4-7,12,15H,8H2,1-3H3. The largest absolute Gasteiger partial charge is 0.311 e. The van der Waals surface area contributed by atoms with Crippen LogP contribution in [0.25, 0.3) is 0 Å². The molecule has 0 bridgehead atoms. The van der Waals surface area contributed by atoms with Crippen LogP contribution in [0.4, 0.5) is 0 Å². The molecule has 2 aromatic rings. The summed E-state index contributed by atoms with van der Waals surface area (Å²) in [7, 11) is 3.78. The SMILES string of the molecule is CNC(Cc1c(C)nn(C)c1Cl)c1ccccn1. The van der Waals surface area contributed by atoms with Crippen molar-refractivity contribution in [1.82, 2.24) is 20.1 Å². The van der Waals surface area contributed by atoms with Gasteiger partial charge in [-0.2, -0.15) is 5.10 Å². The lowest BCUT2D eigenvalue weighted by atomic mass is 10.0. The average molecular weight is 265 g/mol. The summed E-state index contributed by atoms with van der Waals surface area (Å²) >= 11 is 6.25. The number of hydrogen-bond acceptors (Lipinski definition) is 3. The minimum Gasteiger partial charge on any atom is -0.311 e. The highest BCUT2D eigenvalue weighted by Crippen LogP contribution is 2.24. The molecule has 2 aromatic heterocycles. The lowest BCUT2D eigenvalue weighted by Crippen LogP contribution is -2.20. The first-order valence-electron chi connectivity index (χ1n) is 5.89. The lowest BCUT2D eigenvalue weighted by molar-refractivity contribution is 0.574. The van der Waals surface area contributed by atoms with E-state index in [-0.39, 0.29) is 6.04 Å². The summed E-state index contributed by atoms with van der Waals surface area (Å²) in [6.07, 6.45) is 2.59. The van der Waals surface area contributed by atoms with Crippen LogP contribution in [0.1, 0.15) is 23.0 Å². The highest BCUT2D eigenvalue weighted by molar-refractivity contribution is 6.30. The van der Waals surface area contributed by atoms with Crippen LogP contribution < -0.4 is 5.32 Å². The molecule has 0 amide bonds. The van der Waals surface area contributed by atoms with Crippen LogP contribution in [0.5, 0.6) is 0 Å². The Morgan fingerprint density at radius 3 is 2.72 bits per heavy atom. The van der Waals surface area contributed by atoms with Crippen LogP contribution in [0.15, 0.2) is 24.4 Å². The maximum atomic E-state index is 6.25. The fraction of sp³-hybridized carbons (Fsp3) is 0.385. The first-order chi connectivity index (χ1) is 8.63. The Morgan fingerprint density at radius 2 is 2.22 bits per heavy atom. The fourth-order valence-corrected chi connectivity index (χ4v) is 2.30. The zero-order chi connectivity index (χ0) is 13.1. The van der Waals surface area contributed by atoms with Gasteiger partial charge < -0.3 is 5.32 Å². The Hall–Kier alpha value is -1.39. The number of hydrogen-bond donors (Lipinski definition) is 1. The van der Waals surface area contributed by atoms with Crippen molar-refractivity contribution in [3.8, 4) is 0 Å². The monoisotopic (exact) mass is 264 g/mol. The van der Waals surface area contributed by atoms with Crippen molar-refractivity contribution in [3.05, 3.63) is 46.5 Å². The number of rotatable bonds is 4. The Labute approximate surface area is 112 Å². The topological polar surface area (TPSA) is 42.7 Å².